The van der Waals surface area contributed by atoms with Gasteiger partial charge in [0.25, 0.3) is 5.91 Å². The van der Waals surface area contributed by atoms with Crippen molar-refractivity contribution >= 4 is 11.6 Å². The number of hydrogen-bond donors (Lipinski definition) is 1. The number of ether oxygens (including phenoxy) is 2. The first-order valence-electron chi connectivity index (χ1n) is 6.28. The molecule has 2 rings (SSSR count). The van der Waals surface area contributed by atoms with Crippen LogP contribution in [0, 0.1) is 12.3 Å². The smallest absolute Gasteiger partial charge is 0.263 e. The largest absolute Gasteiger partial charge is 0.496 e. The van der Waals surface area contributed by atoms with Gasteiger partial charge in [-0.15, -0.1) is 6.42 Å². The molecule has 2 aromatic rings. The molecule has 1 amide bonds. The van der Waals surface area contributed by atoms with E-state index in [1.54, 1.807) is 42.5 Å². The van der Waals surface area contributed by atoms with Crippen molar-refractivity contribution in [1.82, 2.24) is 0 Å². The number of amides is 1. The van der Waals surface area contributed by atoms with Crippen molar-refractivity contribution < 1.29 is 14.3 Å². The van der Waals surface area contributed by atoms with Crippen LogP contribution in [-0.2, 0) is 0 Å². The highest BCUT2D eigenvalue weighted by Gasteiger charge is 2.18. The summed E-state index contributed by atoms with van der Waals surface area (Å²) in [6.45, 7) is 0. The predicted octanol–water partition coefficient (Wildman–Crippen LogP) is 2.94. The molecule has 0 aliphatic carbocycles. The van der Waals surface area contributed by atoms with E-state index in [0.717, 1.165) is 0 Å². The molecule has 0 atom stereocenters. The molecule has 106 valence electrons. The van der Waals surface area contributed by atoms with Gasteiger partial charge < -0.3 is 14.8 Å². The summed E-state index contributed by atoms with van der Waals surface area (Å²) in [5.41, 5.74) is 1.65. The van der Waals surface area contributed by atoms with Crippen LogP contribution in [0.1, 0.15) is 15.9 Å². The Bertz CT molecular complexity index is 679. The van der Waals surface area contributed by atoms with E-state index in [4.69, 9.17) is 15.9 Å². The molecule has 4 heteroatoms. The second kappa shape index (κ2) is 6.49. The monoisotopic (exact) mass is 281 g/mol. The van der Waals surface area contributed by atoms with E-state index in [1.807, 2.05) is 0 Å². The number of carbonyl (C=O) groups excluding carboxylic acids is 1. The summed E-state index contributed by atoms with van der Waals surface area (Å²) in [6.07, 6.45) is 5.35. The van der Waals surface area contributed by atoms with Crippen molar-refractivity contribution in [3.8, 4) is 23.8 Å². The molecule has 2 aromatic carbocycles. The molecule has 1 N–H and O–H groups in total. The van der Waals surface area contributed by atoms with Crippen LogP contribution in [0.15, 0.2) is 42.5 Å². The minimum Gasteiger partial charge on any atom is -0.496 e. The molecule has 0 fully saturated rings. The Morgan fingerprint density at radius 1 is 1.10 bits per heavy atom. The number of anilines is 1. The van der Waals surface area contributed by atoms with Gasteiger partial charge in [-0.3, -0.25) is 4.79 Å². The maximum atomic E-state index is 12.5. The van der Waals surface area contributed by atoms with E-state index in [9.17, 15) is 4.79 Å². The SMILES string of the molecule is C#Cc1cccc(NC(=O)c2c(OC)cccc2OC)c1. The Morgan fingerprint density at radius 2 is 1.71 bits per heavy atom. The van der Waals surface area contributed by atoms with Crippen LogP contribution < -0.4 is 14.8 Å². The highest BCUT2D eigenvalue weighted by Crippen LogP contribution is 2.29. The molecule has 0 saturated carbocycles. The summed E-state index contributed by atoms with van der Waals surface area (Å²) < 4.78 is 10.4. The third-order valence-electron chi connectivity index (χ3n) is 2.94. The number of nitrogens with one attached hydrogen (secondary N) is 1. The van der Waals surface area contributed by atoms with E-state index < -0.39 is 0 Å². The number of rotatable bonds is 4. The average molecular weight is 281 g/mol. The number of methoxy groups -OCH3 is 2. The second-order valence-corrected chi connectivity index (χ2v) is 4.22. The third kappa shape index (κ3) is 3.15. The van der Waals surface area contributed by atoms with Crippen LogP contribution in [0.5, 0.6) is 11.5 Å². The van der Waals surface area contributed by atoms with E-state index in [1.165, 1.54) is 14.2 Å². The molecule has 0 bridgehead atoms. The molecular formula is C17H15NO3. The highest BCUT2D eigenvalue weighted by molar-refractivity contribution is 6.08. The molecule has 4 nitrogen and oxygen atoms in total. The van der Waals surface area contributed by atoms with Gasteiger partial charge in [0, 0.05) is 11.3 Å². The molecule has 0 radical (unpaired) electrons. The van der Waals surface area contributed by atoms with Crippen LogP contribution in [0.4, 0.5) is 5.69 Å². The van der Waals surface area contributed by atoms with Crippen LogP contribution in [0.25, 0.3) is 0 Å². The van der Waals surface area contributed by atoms with Crippen molar-refractivity contribution in [2.45, 2.75) is 0 Å². The zero-order valence-corrected chi connectivity index (χ0v) is 11.8. The summed E-state index contributed by atoms with van der Waals surface area (Å²) in [6, 6.07) is 12.2. The number of terminal acetylenes is 1. The van der Waals surface area contributed by atoms with Gasteiger partial charge in [-0.2, -0.15) is 0 Å². The first-order valence-corrected chi connectivity index (χ1v) is 6.28. The van der Waals surface area contributed by atoms with E-state index in [2.05, 4.69) is 11.2 Å². The Kier molecular flexibility index (Phi) is 4.47. The Hall–Kier alpha value is -2.93. The van der Waals surface area contributed by atoms with Crippen molar-refractivity contribution in [3.63, 3.8) is 0 Å². The summed E-state index contributed by atoms with van der Waals surface area (Å²) in [4.78, 5) is 12.5. The van der Waals surface area contributed by atoms with Gasteiger partial charge in [0.15, 0.2) is 0 Å². The quantitative estimate of drug-likeness (QED) is 0.876. The van der Waals surface area contributed by atoms with E-state index in [-0.39, 0.29) is 5.91 Å². The predicted molar refractivity (Wildman–Crippen MR) is 81.9 cm³/mol. The van der Waals surface area contributed by atoms with Crippen molar-refractivity contribution in [2.24, 2.45) is 0 Å². The Labute approximate surface area is 123 Å². The zero-order valence-electron chi connectivity index (χ0n) is 11.8. The molecule has 0 aliphatic heterocycles. The first kappa shape index (κ1) is 14.5. The molecule has 0 unspecified atom stereocenters. The lowest BCUT2D eigenvalue weighted by Gasteiger charge is -2.13. The molecule has 0 aromatic heterocycles. The lowest BCUT2D eigenvalue weighted by molar-refractivity contribution is 0.102. The maximum Gasteiger partial charge on any atom is 0.263 e. The molecule has 0 aliphatic rings. The van der Waals surface area contributed by atoms with Gasteiger partial charge in [-0.1, -0.05) is 18.1 Å². The highest BCUT2D eigenvalue weighted by atomic mass is 16.5. The van der Waals surface area contributed by atoms with Gasteiger partial charge in [-0.25, -0.2) is 0 Å². The molecule has 21 heavy (non-hydrogen) atoms. The molecule has 0 spiro atoms. The van der Waals surface area contributed by atoms with Crippen molar-refractivity contribution in [2.75, 3.05) is 19.5 Å². The lowest BCUT2D eigenvalue weighted by atomic mass is 10.1. The van der Waals surface area contributed by atoms with Crippen molar-refractivity contribution in [3.05, 3.63) is 53.6 Å². The minimum atomic E-state index is -0.321. The van der Waals surface area contributed by atoms with Crippen LogP contribution in [-0.4, -0.2) is 20.1 Å². The van der Waals surface area contributed by atoms with E-state index >= 15 is 0 Å². The fraction of sp³-hybridized carbons (Fsp3) is 0.118. The Balaban J connectivity index is 2.34. The standard InChI is InChI=1S/C17H15NO3/c1-4-12-7-5-8-13(11-12)18-17(19)16-14(20-2)9-6-10-15(16)21-3/h1,5-11H,2-3H3,(H,18,19). The summed E-state index contributed by atoms with van der Waals surface area (Å²) in [5.74, 6) is 3.09. The fourth-order valence-electron chi connectivity index (χ4n) is 1.96. The van der Waals surface area contributed by atoms with Crippen LogP contribution in [0.2, 0.25) is 0 Å². The maximum absolute atomic E-state index is 12.5. The third-order valence-corrected chi connectivity index (χ3v) is 2.94. The van der Waals surface area contributed by atoms with Crippen LogP contribution in [0.3, 0.4) is 0 Å². The van der Waals surface area contributed by atoms with Gasteiger partial charge in [0.2, 0.25) is 0 Å². The second-order valence-electron chi connectivity index (χ2n) is 4.22. The molecule has 0 saturated heterocycles. The van der Waals surface area contributed by atoms with E-state index in [0.29, 0.717) is 28.3 Å². The molecular weight excluding hydrogens is 266 g/mol. The van der Waals surface area contributed by atoms with Gasteiger partial charge in [0.05, 0.1) is 14.2 Å². The van der Waals surface area contributed by atoms with Gasteiger partial charge in [0.1, 0.15) is 17.1 Å². The number of hydrogen-bond acceptors (Lipinski definition) is 3. The lowest BCUT2D eigenvalue weighted by Crippen LogP contribution is -2.14. The van der Waals surface area contributed by atoms with Gasteiger partial charge >= 0.3 is 0 Å². The normalized spacial score (nSPS) is 9.57. The number of benzene rings is 2. The minimum absolute atomic E-state index is 0.321. The van der Waals surface area contributed by atoms with Gasteiger partial charge in [-0.05, 0) is 30.3 Å². The average Bonchev–Trinajstić information content (AvgIpc) is 2.53. The topological polar surface area (TPSA) is 47.6 Å². The fourth-order valence-corrected chi connectivity index (χ4v) is 1.96. The van der Waals surface area contributed by atoms with Crippen molar-refractivity contribution in [1.29, 1.82) is 0 Å². The molecule has 0 heterocycles. The summed E-state index contributed by atoms with van der Waals surface area (Å²) >= 11 is 0. The number of carbonyl (C=O) groups is 1. The zero-order chi connectivity index (χ0) is 15.2. The summed E-state index contributed by atoms with van der Waals surface area (Å²) in [7, 11) is 3.01. The summed E-state index contributed by atoms with van der Waals surface area (Å²) in [5, 5.41) is 2.79. The van der Waals surface area contributed by atoms with Crippen LogP contribution >= 0.6 is 0 Å². The Morgan fingerprint density at radius 3 is 2.29 bits per heavy atom. The first-order chi connectivity index (χ1) is 10.2.